The summed E-state index contributed by atoms with van der Waals surface area (Å²) in [4.78, 5) is 2.53. The average Bonchev–Trinajstić information content (AvgIpc) is 2.42. The number of rotatable bonds is 4. The van der Waals surface area contributed by atoms with Crippen LogP contribution >= 0.6 is 11.6 Å². The quantitative estimate of drug-likeness (QED) is 0.897. The van der Waals surface area contributed by atoms with E-state index in [-0.39, 0.29) is 0 Å². The number of nitrogens with zero attached hydrogens (tertiary/aromatic N) is 1. The van der Waals surface area contributed by atoms with Gasteiger partial charge in [0.25, 0.3) is 0 Å². The van der Waals surface area contributed by atoms with Gasteiger partial charge in [-0.05, 0) is 37.5 Å². The summed E-state index contributed by atoms with van der Waals surface area (Å²) >= 11 is 6.28. The molecule has 1 aromatic rings. The van der Waals surface area contributed by atoms with Crippen LogP contribution in [0.4, 0.5) is 5.69 Å². The SMILES string of the molecule is CCCC1CN(c2ccc(C)c(Cl)c2)C(CC)CN1. The minimum Gasteiger partial charge on any atom is -0.366 e. The second-order valence-electron chi connectivity index (χ2n) is 5.54. The molecule has 3 heteroatoms. The van der Waals surface area contributed by atoms with E-state index in [0.29, 0.717) is 12.1 Å². The monoisotopic (exact) mass is 280 g/mol. The first-order valence-corrected chi connectivity index (χ1v) is 7.79. The molecule has 0 amide bonds. The van der Waals surface area contributed by atoms with E-state index in [1.807, 2.05) is 0 Å². The Morgan fingerprint density at radius 2 is 2.16 bits per heavy atom. The molecule has 1 aliphatic rings. The molecule has 1 fully saturated rings. The highest BCUT2D eigenvalue weighted by Gasteiger charge is 2.26. The fourth-order valence-corrected chi connectivity index (χ4v) is 3.02. The third-order valence-electron chi connectivity index (χ3n) is 4.10. The van der Waals surface area contributed by atoms with Gasteiger partial charge in [0.1, 0.15) is 0 Å². The minimum atomic E-state index is 0.576. The van der Waals surface area contributed by atoms with E-state index in [1.54, 1.807) is 0 Å². The topological polar surface area (TPSA) is 15.3 Å². The maximum absolute atomic E-state index is 6.28. The van der Waals surface area contributed by atoms with E-state index in [4.69, 9.17) is 11.6 Å². The zero-order chi connectivity index (χ0) is 13.8. The van der Waals surface area contributed by atoms with Crippen LogP contribution in [0.25, 0.3) is 0 Å². The standard InChI is InChI=1S/C16H25ClN2/c1-4-6-13-11-19(14(5-2)10-18-13)15-8-7-12(3)16(17)9-15/h7-9,13-14,18H,4-6,10-11H2,1-3H3. The molecule has 0 spiro atoms. The van der Waals surface area contributed by atoms with Gasteiger partial charge in [0.15, 0.2) is 0 Å². The van der Waals surface area contributed by atoms with Crippen LogP contribution in [-0.4, -0.2) is 25.2 Å². The normalized spacial score (nSPS) is 23.7. The molecule has 0 radical (unpaired) electrons. The Hall–Kier alpha value is -0.730. The van der Waals surface area contributed by atoms with Gasteiger partial charge in [-0.3, -0.25) is 0 Å². The summed E-state index contributed by atoms with van der Waals surface area (Å²) in [6.45, 7) is 8.73. The number of aryl methyl sites for hydroxylation is 1. The molecular weight excluding hydrogens is 256 g/mol. The molecule has 1 aliphatic heterocycles. The molecule has 19 heavy (non-hydrogen) atoms. The van der Waals surface area contributed by atoms with Crippen molar-refractivity contribution in [3.63, 3.8) is 0 Å². The zero-order valence-electron chi connectivity index (χ0n) is 12.2. The highest BCUT2D eigenvalue weighted by atomic mass is 35.5. The molecule has 1 N–H and O–H groups in total. The Labute approximate surface area is 122 Å². The van der Waals surface area contributed by atoms with Gasteiger partial charge in [-0.25, -0.2) is 0 Å². The lowest BCUT2D eigenvalue weighted by Gasteiger charge is -2.42. The van der Waals surface area contributed by atoms with E-state index in [2.05, 4.69) is 49.2 Å². The smallest absolute Gasteiger partial charge is 0.0455 e. The first kappa shape index (κ1) is 14.7. The Morgan fingerprint density at radius 1 is 1.37 bits per heavy atom. The van der Waals surface area contributed by atoms with Crippen molar-refractivity contribution in [1.29, 1.82) is 0 Å². The molecule has 2 atom stereocenters. The summed E-state index contributed by atoms with van der Waals surface area (Å²) < 4.78 is 0. The second kappa shape index (κ2) is 6.62. The number of benzene rings is 1. The summed E-state index contributed by atoms with van der Waals surface area (Å²) in [5, 5.41) is 4.55. The van der Waals surface area contributed by atoms with Crippen LogP contribution in [0, 0.1) is 6.92 Å². The van der Waals surface area contributed by atoms with Crippen LogP contribution in [0.1, 0.15) is 38.7 Å². The molecule has 106 valence electrons. The van der Waals surface area contributed by atoms with Gasteiger partial charge < -0.3 is 10.2 Å². The van der Waals surface area contributed by atoms with E-state index in [0.717, 1.165) is 30.1 Å². The molecule has 0 aromatic heterocycles. The van der Waals surface area contributed by atoms with Gasteiger partial charge in [-0.1, -0.05) is 37.9 Å². The largest absolute Gasteiger partial charge is 0.366 e. The van der Waals surface area contributed by atoms with Crippen molar-refractivity contribution in [3.05, 3.63) is 28.8 Å². The molecule has 0 aliphatic carbocycles. The van der Waals surface area contributed by atoms with Crippen molar-refractivity contribution >= 4 is 17.3 Å². The minimum absolute atomic E-state index is 0.576. The van der Waals surface area contributed by atoms with E-state index >= 15 is 0 Å². The summed E-state index contributed by atoms with van der Waals surface area (Å²) in [6.07, 6.45) is 3.64. The second-order valence-corrected chi connectivity index (χ2v) is 5.95. The first-order chi connectivity index (χ1) is 9.15. The maximum atomic E-state index is 6.28. The van der Waals surface area contributed by atoms with Gasteiger partial charge in [-0.15, -0.1) is 0 Å². The predicted octanol–water partition coefficient (Wildman–Crippen LogP) is 4.01. The third kappa shape index (κ3) is 3.43. The Kier molecular flexibility index (Phi) is 5.12. The molecule has 0 bridgehead atoms. The third-order valence-corrected chi connectivity index (χ3v) is 4.50. The number of hydrogen-bond acceptors (Lipinski definition) is 2. The molecule has 1 saturated heterocycles. The lowest BCUT2D eigenvalue weighted by atomic mass is 10.0. The van der Waals surface area contributed by atoms with Gasteiger partial charge in [-0.2, -0.15) is 0 Å². The summed E-state index contributed by atoms with van der Waals surface area (Å²) in [7, 11) is 0. The van der Waals surface area contributed by atoms with Crippen molar-refractivity contribution in [3.8, 4) is 0 Å². The Morgan fingerprint density at radius 3 is 2.79 bits per heavy atom. The highest BCUT2D eigenvalue weighted by molar-refractivity contribution is 6.31. The van der Waals surface area contributed by atoms with Crippen molar-refractivity contribution < 1.29 is 0 Å². The number of anilines is 1. The lowest BCUT2D eigenvalue weighted by molar-refractivity contribution is 0.369. The molecule has 2 rings (SSSR count). The number of halogens is 1. The molecule has 1 heterocycles. The average molecular weight is 281 g/mol. The van der Waals surface area contributed by atoms with Crippen LogP contribution in [0.2, 0.25) is 5.02 Å². The fraction of sp³-hybridized carbons (Fsp3) is 0.625. The van der Waals surface area contributed by atoms with Crippen LogP contribution in [0.15, 0.2) is 18.2 Å². The Balaban J connectivity index is 2.19. The summed E-state index contributed by atoms with van der Waals surface area (Å²) in [6, 6.07) is 7.63. The van der Waals surface area contributed by atoms with Crippen molar-refractivity contribution in [2.45, 2.75) is 52.1 Å². The highest BCUT2D eigenvalue weighted by Crippen LogP contribution is 2.27. The van der Waals surface area contributed by atoms with Crippen molar-refractivity contribution in [2.75, 3.05) is 18.0 Å². The van der Waals surface area contributed by atoms with E-state index < -0.39 is 0 Å². The molecular formula is C16H25ClN2. The van der Waals surface area contributed by atoms with Gasteiger partial charge in [0, 0.05) is 35.9 Å². The fourth-order valence-electron chi connectivity index (χ4n) is 2.85. The van der Waals surface area contributed by atoms with Crippen LogP contribution in [-0.2, 0) is 0 Å². The van der Waals surface area contributed by atoms with Crippen LogP contribution in [0.3, 0.4) is 0 Å². The van der Waals surface area contributed by atoms with Crippen molar-refractivity contribution in [1.82, 2.24) is 5.32 Å². The molecule has 1 aromatic carbocycles. The molecule has 2 nitrogen and oxygen atoms in total. The summed E-state index contributed by atoms with van der Waals surface area (Å²) in [5.41, 5.74) is 2.42. The maximum Gasteiger partial charge on any atom is 0.0455 e. The number of nitrogens with one attached hydrogen (secondary N) is 1. The molecule has 0 saturated carbocycles. The van der Waals surface area contributed by atoms with E-state index in [9.17, 15) is 0 Å². The van der Waals surface area contributed by atoms with Crippen LogP contribution < -0.4 is 10.2 Å². The first-order valence-electron chi connectivity index (χ1n) is 7.41. The van der Waals surface area contributed by atoms with Gasteiger partial charge in [0.05, 0.1) is 0 Å². The van der Waals surface area contributed by atoms with Gasteiger partial charge in [0.2, 0.25) is 0 Å². The number of piperazine rings is 1. The van der Waals surface area contributed by atoms with E-state index in [1.165, 1.54) is 18.5 Å². The Bertz CT molecular complexity index is 419. The molecule has 2 unspecified atom stereocenters. The van der Waals surface area contributed by atoms with Crippen LogP contribution in [0.5, 0.6) is 0 Å². The van der Waals surface area contributed by atoms with Crippen molar-refractivity contribution in [2.24, 2.45) is 0 Å². The van der Waals surface area contributed by atoms with Gasteiger partial charge >= 0.3 is 0 Å². The lowest BCUT2D eigenvalue weighted by Crippen LogP contribution is -2.56. The zero-order valence-corrected chi connectivity index (χ0v) is 13.0. The summed E-state index contributed by atoms with van der Waals surface area (Å²) in [5.74, 6) is 0. The number of hydrogen-bond donors (Lipinski definition) is 1. The predicted molar refractivity (Wildman–Crippen MR) is 84.3 cm³/mol.